The number of halogens is 1. The largest absolute Gasteiger partial charge is 0.488 e. The second-order valence-electron chi connectivity index (χ2n) is 5.99. The number of anilines is 1. The Morgan fingerprint density at radius 1 is 1.27 bits per heavy atom. The maximum Gasteiger partial charge on any atom is 0.279 e. The fourth-order valence-corrected chi connectivity index (χ4v) is 2.42. The van der Waals surface area contributed by atoms with Crippen LogP contribution in [0.15, 0.2) is 42.5 Å². The molecule has 2 N–H and O–H groups in total. The summed E-state index contributed by atoms with van der Waals surface area (Å²) in [5.74, 6) is 0.511. The minimum absolute atomic E-state index is 0.0528. The summed E-state index contributed by atoms with van der Waals surface area (Å²) in [5, 5.41) is 14.2. The van der Waals surface area contributed by atoms with Gasteiger partial charge in [-0.3, -0.25) is 14.9 Å². The molecule has 0 saturated carbocycles. The Kier molecular flexibility index (Phi) is 6.94. The topological polar surface area (TPSA) is 85.9 Å². The van der Waals surface area contributed by atoms with Crippen LogP contribution in [0.25, 0.3) is 0 Å². The highest BCUT2D eigenvalue weighted by atomic mass is 35.5. The van der Waals surface area contributed by atoms with E-state index in [1.54, 1.807) is 37.3 Å². The molecule has 138 valence electrons. The van der Waals surface area contributed by atoms with Gasteiger partial charge in [-0.25, -0.2) is 0 Å². The number of hydrogen-bond acceptors (Lipinski definition) is 4. The summed E-state index contributed by atoms with van der Waals surface area (Å²) in [7, 11) is 1.88. The molecule has 0 aliphatic carbocycles. The number of nitrogens with one attached hydrogen (secondary N) is 2. The molecule has 0 heterocycles. The van der Waals surface area contributed by atoms with Gasteiger partial charge in [0.2, 0.25) is 0 Å². The van der Waals surface area contributed by atoms with Crippen molar-refractivity contribution in [2.24, 2.45) is 0 Å². The number of rotatable bonds is 8. The maximum atomic E-state index is 12.2. The molecular weight excluding hydrogens is 358 g/mol. The van der Waals surface area contributed by atoms with Crippen molar-refractivity contribution in [3.05, 3.63) is 63.2 Å². The quantitative estimate of drug-likeness (QED) is 0.544. The summed E-state index contributed by atoms with van der Waals surface area (Å²) in [4.78, 5) is 23.5. The summed E-state index contributed by atoms with van der Waals surface area (Å²) >= 11 is 5.82. The van der Waals surface area contributed by atoms with Crippen molar-refractivity contribution in [2.45, 2.75) is 6.92 Å². The van der Waals surface area contributed by atoms with Crippen LogP contribution in [0.4, 0.5) is 11.4 Å². The van der Waals surface area contributed by atoms with Crippen LogP contribution in [-0.4, -0.2) is 37.6 Å². The molecule has 2 rings (SSSR count). The predicted octanol–water partition coefficient (Wildman–Crippen LogP) is 2.09. The van der Waals surface area contributed by atoms with Crippen LogP contribution in [0, 0.1) is 17.0 Å². The third kappa shape index (κ3) is 6.02. The number of non-ortho nitro benzene ring substituents is 1. The Bertz CT molecular complexity index is 781. The predicted molar refractivity (Wildman–Crippen MR) is 100 cm³/mol. The fraction of sp³-hybridized carbons (Fsp3) is 0.278. The van der Waals surface area contributed by atoms with Crippen LogP contribution in [-0.2, 0) is 4.79 Å². The summed E-state index contributed by atoms with van der Waals surface area (Å²) in [5.41, 5.74) is 1.17. The van der Waals surface area contributed by atoms with Gasteiger partial charge in [0.1, 0.15) is 18.9 Å². The Hall–Kier alpha value is -2.64. The first kappa shape index (κ1) is 19.7. The zero-order chi connectivity index (χ0) is 19.1. The molecule has 2 aromatic rings. The molecule has 1 amide bonds. The van der Waals surface area contributed by atoms with Gasteiger partial charge in [0.15, 0.2) is 6.54 Å². The molecule has 8 heteroatoms. The first-order chi connectivity index (χ1) is 12.3. The van der Waals surface area contributed by atoms with Crippen LogP contribution < -0.4 is 15.0 Å². The van der Waals surface area contributed by atoms with Crippen LogP contribution in [0.5, 0.6) is 5.75 Å². The molecule has 0 saturated heterocycles. The number of nitrogens with zero attached hydrogens (tertiary/aromatic N) is 1. The molecule has 2 aromatic carbocycles. The monoisotopic (exact) mass is 378 g/mol. The number of likely N-dealkylation sites (N-methyl/N-ethyl adjacent to an activating group) is 1. The number of carbonyl (C=O) groups excluding carboxylic acids is 1. The molecule has 0 spiro atoms. The Morgan fingerprint density at radius 3 is 2.62 bits per heavy atom. The zero-order valence-electron chi connectivity index (χ0n) is 14.6. The molecule has 0 aliphatic heterocycles. The van der Waals surface area contributed by atoms with Crippen molar-refractivity contribution in [3.63, 3.8) is 0 Å². The van der Waals surface area contributed by atoms with Gasteiger partial charge in [0, 0.05) is 17.2 Å². The molecule has 0 radical (unpaired) electrons. The molecule has 26 heavy (non-hydrogen) atoms. The van der Waals surface area contributed by atoms with Crippen molar-refractivity contribution in [3.8, 4) is 5.75 Å². The summed E-state index contributed by atoms with van der Waals surface area (Å²) in [6.07, 6.45) is 0. The maximum absolute atomic E-state index is 12.2. The summed E-state index contributed by atoms with van der Waals surface area (Å²) in [6.45, 7) is 3.10. The third-order valence-electron chi connectivity index (χ3n) is 3.78. The van der Waals surface area contributed by atoms with E-state index in [0.29, 0.717) is 23.9 Å². The lowest BCUT2D eigenvalue weighted by molar-refractivity contribution is -0.871. The summed E-state index contributed by atoms with van der Waals surface area (Å²) < 4.78 is 5.61. The zero-order valence-corrected chi connectivity index (χ0v) is 15.4. The number of quaternary nitrogens is 1. The van der Waals surface area contributed by atoms with E-state index in [4.69, 9.17) is 16.3 Å². The van der Waals surface area contributed by atoms with Gasteiger partial charge in [0.25, 0.3) is 11.6 Å². The van der Waals surface area contributed by atoms with Crippen molar-refractivity contribution >= 4 is 28.9 Å². The van der Waals surface area contributed by atoms with E-state index >= 15 is 0 Å². The van der Waals surface area contributed by atoms with Crippen LogP contribution in [0.1, 0.15) is 5.56 Å². The standard InChI is InChI=1S/C18H20ClN3O4/c1-13-3-6-15(22(24)25)11-17(13)20-18(23)12-21(2)9-10-26-16-7-4-14(19)5-8-16/h3-8,11H,9-10,12H2,1-2H3,(H,20,23)/p+1. The Balaban J connectivity index is 1.80. The molecule has 1 atom stereocenters. The van der Waals surface area contributed by atoms with E-state index in [2.05, 4.69) is 5.32 Å². The van der Waals surface area contributed by atoms with E-state index in [1.165, 1.54) is 12.1 Å². The second kappa shape index (κ2) is 9.17. The molecule has 0 aliphatic rings. The van der Waals surface area contributed by atoms with Crippen LogP contribution >= 0.6 is 11.6 Å². The number of nitro groups is 1. The van der Waals surface area contributed by atoms with Crippen molar-refractivity contribution in [2.75, 3.05) is 32.1 Å². The van der Waals surface area contributed by atoms with Crippen molar-refractivity contribution in [1.82, 2.24) is 0 Å². The van der Waals surface area contributed by atoms with E-state index < -0.39 is 4.92 Å². The molecule has 1 unspecified atom stereocenters. The summed E-state index contributed by atoms with van der Waals surface area (Å²) in [6, 6.07) is 11.5. The molecule has 7 nitrogen and oxygen atoms in total. The van der Waals surface area contributed by atoms with Gasteiger partial charge in [-0.1, -0.05) is 17.7 Å². The number of nitro benzene ring substituents is 1. The molecule has 0 fully saturated rings. The van der Waals surface area contributed by atoms with Crippen LogP contribution in [0.2, 0.25) is 5.02 Å². The SMILES string of the molecule is Cc1ccc([N+](=O)[O-])cc1NC(=O)C[NH+](C)CCOc1ccc(Cl)cc1. The molecular formula is C18H21ClN3O4+. The molecule has 0 aromatic heterocycles. The average molecular weight is 379 g/mol. The average Bonchev–Trinajstić information content (AvgIpc) is 2.58. The van der Waals surface area contributed by atoms with E-state index in [1.807, 2.05) is 7.05 Å². The Morgan fingerprint density at radius 2 is 1.96 bits per heavy atom. The van der Waals surface area contributed by atoms with E-state index in [-0.39, 0.29) is 18.1 Å². The van der Waals surface area contributed by atoms with Gasteiger partial charge >= 0.3 is 0 Å². The van der Waals surface area contributed by atoms with Crippen molar-refractivity contribution < 1.29 is 19.4 Å². The third-order valence-corrected chi connectivity index (χ3v) is 4.03. The lowest BCUT2D eigenvalue weighted by Gasteiger charge is -2.15. The Labute approximate surface area is 156 Å². The highest BCUT2D eigenvalue weighted by molar-refractivity contribution is 6.30. The lowest BCUT2D eigenvalue weighted by atomic mass is 10.2. The van der Waals surface area contributed by atoms with Gasteiger partial charge in [-0.05, 0) is 36.8 Å². The van der Waals surface area contributed by atoms with E-state index in [0.717, 1.165) is 16.2 Å². The number of hydrogen-bond donors (Lipinski definition) is 2. The number of aryl methyl sites for hydroxylation is 1. The number of amides is 1. The minimum atomic E-state index is -0.486. The minimum Gasteiger partial charge on any atom is -0.488 e. The van der Waals surface area contributed by atoms with Gasteiger partial charge < -0.3 is 15.0 Å². The normalized spacial score (nSPS) is 11.7. The van der Waals surface area contributed by atoms with Crippen molar-refractivity contribution in [1.29, 1.82) is 0 Å². The smallest absolute Gasteiger partial charge is 0.279 e. The van der Waals surface area contributed by atoms with Gasteiger partial charge in [-0.15, -0.1) is 0 Å². The highest BCUT2D eigenvalue weighted by Crippen LogP contribution is 2.21. The van der Waals surface area contributed by atoms with Crippen LogP contribution in [0.3, 0.4) is 0 Å². The first-order valence-corrected chi connectivity index (χ1v) is 8.47. The van der Waals surface area contributed by atoms with Gasteiger partial charge in [0.05, 0.1) is 17.7 Å². The molecule has 0 bridgehead atoms. The number of ether oxygens (including phenoxy) is 1. The number of carbonyl (C=O) groups is 1. The first-order valence-electron chi connectivity index (χ1n) is 8.09. The lowest BCUT2D eigenvalue weighted by Crippen LogP contribution is -3.10. The van der Waals surface area contributed by atoms with E-state index in [9.17, 15) is 14.9 Å². The second-order valence-corrected chi connectivity index (χ2v) is 6.43. The fourth-order valence-electron chi connectivity index (χ4n) is 2.29. The highest BCUT2D eigenvalue weighted by Gasteiger charge is 2.14. The number of benzene rings is 2. The van der Waals surface area contributed by atoms with Gasteiger partial charge in [-0.2, -0.15) is 0 Å².